The van der Waals surface area contributed by atoms with Crippen molar-refractivity contribution < 1.29 is 9.53 Å². The van der Waals surface area contributed by atoms with E-state index in [-0.39, 0.29) is 11.6 Å². The molecule has 3 rings (SSSR count). The SMILES string of the molecule is COCCn1cc(NC(=O)NC2(c3ccc(Br)cc3)CC2)cn1. The maximum absolute atomic E-state index is 12.2. The second-order valence-electron chi connectivity index (χ2n) is 5.65. The molecule has 1 heterocycles. The van der Waals surface area contributed by atoms with E-state index in [0.29, 0.717) is 18.8 Å². The average Bonchev–Trinajstić information content (AvgIpc) is 3.17. The van der Waals surface area contributed by atoms with Gasteiger partial charge in [-0.3, -0.25) is 4.68 Å². The summed E-state index contributed by atoms with van der Waals surface area (Å²) in [5, 5.41) is 10.1. The number of carbonyl (C=O) groups excluding carboxylic acids is 1. The Balaban J connectivity index is 1.59. The summed E-state index contributed by atoms with van der Waals surface area (Å²) in [4.78, 5) is 12.2. The van der Waals surface area contributed by atoms with Crippen molar-refractivity contribution in [2.75, 3.05) is 19.0 Å². The Morgan fingerprint density at radius 3 is 2.78 bits per heavy atom. The van der Waals surface area contributed by atoms with Crippen LogP contribution >= 0.6 is 15.9 Å². The van der Waals surface area contributed by atoms with Crippen LogP contribution in [0.15, 0.2) is 41.1 Å². The van der Waals surface area contributed by atoms with Gasteiger partial charge in [-0.25, -0.2) is 4.79 Å². The van der Waals surface area contributed by atoms with Gasteiger partial charge in [-0.05, 0) is 30.5 Å². The van der Waals surface area contributed by atoms with E-state index < -0.39 is 0 Å². The number of benzene rings is 1. The van der Waals surface area contributed by atoms with E-state index in [1.54, 1.807) is 24.2 Å². The van der Waals surface area contributed by atoms with E-state index in [1.165, 1.54) is 0 Å². The molecule has 0 aliphatic heterocycles. The fraction of sp³-hybridized carbons (Fsp3) is 0.375. The Kier molecular flexibility index (Phi) is 4.68. The van der Waals surface area contributed by atoms with Crippen molar-refractivity contribution in [1.82, 2.24) is 15.1 Å². The summed E-state index contributed by atoms with van der Waals surface area (Å²) in [6.45, 7) is 1.24. The molecule has 2 amide bonds. The molecule has 1 aliphatic carbocycles. The highest BCUT2D eigenvalue weighted by Crippen LogP contribution is 2.45. The fourth-order valence-electron chi connectivity index (χ4n) is 2.49. The summed E-state index contributed by atoms with van der Waals surface area (Å²) in [5.41, 5.74) is 1.56. The third-order valence-electron chi connectivity index (χ3n) is 3.92. The van der Waals surface area contributed by atoms with Crippen LogP contribution in [0, 0.1) is 0 Å². The molecule has 0 spiro atoms. The molecule has 0 bridgehead atoms. The molecule has 0 saturated heterocycles. The standard InChI is InChI=1S/C16H19BrN4O2/c1-23-9-8-21-11-14(10-18-21)19-15(22)20-16(6-7-16)12-2-4-13(17)5-3-12/h2-5,10-11H,6-9H2,1H3,(H2,19,20,22). The van der Waals surface area contributed by atoms with Crippen molar-refractivity contribution >= 4 is 27.6 Å². The molecule has 0 unspecified atom stereocenters. The predicted octanol–water partition coefficient (Wildman–Crippen LogP) is 3.10. The second-order valence-corrected chi connectivity index (χ2v) is 6.57. The van der Waals surface area contributed by atoms with Crippen molar-refractivity contribution in [1.29, 1.82) is 0 Å². The van der Waals surface area contributed by atoms with Crippen LogP contribution in [0.25, 0.3) is 0 Å². The number of hydrogen-bond acceptors (Lipinski definition) is 3. The van der Waals surface area contributed by atoms with Gasteiger partial charge in [0.15, 0.2) is 0 Å². The third-order valence-corrected chi connectivity index (χ3v) is 4.44. The lowest BCUT2D eigenvalue weighted by atomic mass is 10.1. The molecule has 2 aromatic rings. The van der Waals surface area contributed by atoms with Gasteiger partial charge in [0, 0.05) is 17.8 Å². The topological polar surface area (TPSA) is 68.2 Å². The molecule has 1 aromatic carbocycles. The highest BCUT2D eigenvalue weighted by Gasteiger charge is 2.45. The predicted molar refractivity (Wildman–Crippen MR) is 91.3 cm³/mol. The number of hydrogen-bond donors (Lipinski definition) is 2. The highest BCUT2D eigenvalue weighted by atomic mass is 79.9. The van der Waals surface area contributed by atoms with Gasteiger partial charge in [0.2, 0.25) is 0 Å². The number of nitrogens with one attached hydrogen (secondary N) is 2. The van der Waals surface area contributed by atoms with Gasteiger partial charge in [-0.1, -0.05) is 28.1 Å². The fourth-order valence-corrected chi connectivity index (χ4v) is 2.76. The number of carbonyl (C=O) groups is 1. The van der Waals surface area contributed by atoms with Crippen LogP contribution in [0.4, 0.5) is 10.5 Å². The molecule has 1 fully saturated rings. The first-order valence-corrected chi connectivity index (χ1v) is 8.27. The number of nitrogens with zero attached hydrogens (tertiary/aromatic N) is 2. The summed E-state index contributed by atoms with van der Waals surface area (Å²) < 4.78 is 7.77. The summed E-state index contributed by atoms with van der Waals surface area (Å²) in [5.74, 6) is 0. The Labute approximate surface area is 143 Å². The molecule has 6 nitrogen and oxygen atoms in total. The monoisotopic (exact) mass is 378 g/mol. The summed E-state index contributed by atoms with van der Waals surface area (Å²) in [7, 11) is 1.65. The van der Waals surface area contributed by atoms with Crippen molar-refractivity contribution in [2.45, 2.75) is 24.9 Å². The van der Waals surface area contributed by atoms with Gasteiger partial charge in [-0.2, -0.15) is 5.10 Å². The van der Waals surface area contributed by atoms with Gasteiger partial charge < -0.3 is 15.4 Å². The Hall–Kier alpha value is -1.86. The lowest BCUT2D eigenvalue weighted by Gasteiger charge is -2.18. The first-order valence-electron chi connectivity index (χ1n) is 7.48. The maximum atomic E-state index is 12.2. The molecule has 1 aromatic heterocycles. The first kappa shape index (κ1) is 16.0. The van der Waals surface area contributed by atoms with Crippen LogP contribution in [0.3, 0.4) is 0 Å². The quantitative estimate of drug-likeness (QED) is 0.811. The van der Waals surface area contributed by atoms with Crippen molar-refractivity contribution in [3.05, 3.63) is 46.7 Å². The van der Waals surface area contributed by atoms with Gasteiger partial charge in [0.1, 0.15) is 0 Å². The molecule has 7 heteroatoms. The van der Waals surface area contributed by atoms with Gasteiger partial charge in [0.25, 0.3) is 0 Å². The van der Waals surface area contributed by atoms with E-state index in [0.717, 1.165) is 22.9 Å². The molecular weight excluding hydrogens is 360 g/mol. The molecule has 0 atom stereocenters. The minimum atomic E-state index is -0.239. The van der Waals surface area contributed by atoms with Crippen LogP contribution in [-0.4, -0.2) is 29.5 Å². The van der Waals surface area contributed by atoms with E-state index in [2.05, 4.69) is 31.7 Å². The number of amides is 2. The zero-order valence-electron chi connectivity index (χ0n) is 12.9. The van der Waals surface area contributed by atoms with E-state index in [4.69, 9.17) is 4.74 Å². The number of ether oxygens (including phenoxy) is 1. The molecule has 122 valence electrons. The van der Waals surface area contributed by atoms with Crippen molar-refractivity contribution in [2.24, 2.45) is 0 Å². The number of halogens is 1. The van der Waals surface area contributed by atoms with E-state index >= 15 is 0 Å². The minimum Gasteiger partial charge on any atom is -0.383 e. The Morgan fingerprint density at radius 1 is 1.39 bits per heavy atom. The van der Waals surface area contributed by atoms with E-state index in [1.807, 2.05) is 24.3 Å². The molecule has 23 heavy (non-hydrogen) atoms. The Morgan fingerprint density at radius 2 is 2.13 bits per heavy atom. The number of anilines is 1. The lowest BCUT2D eigenvalue weighted by Crippen LogP contribution is -2.37. The van der Waals surface area contributed by atoms with Crippen molar-refractivity contribution in [3.8, 4) is 0 Å². The first-order chi connectivity index (χ1) is 11.1. The molecular formula is C16H19BrN4O2. The summed E-state index contributed by atoms with van der Waals surface area (Å²) >= 11 is 3.43. The number of urea groups is 1. The number of rotatable bonds is 6. The van der Waals surface area contributed by atoms with Crippen molar-refractivity contribution in [3.63, 3.8) is 0 Å². The van der Waals surface area contributed by atoms with Crippen LogP contribution in [0.1, 0.15) is 18.4 Å². The average molecular weight is 379 g/mol. The van der Waals surface area contributed by atoms with Crippen LogP contribution in [-0.2, 0) is 16.8 Å². The maximum Gasteiger partial charge on any atom is 0.320 e. The van der Waals surface area contributed by atoms with Crippen LogP contribution < -0.4 is 10.6 Å². The lowest BCUT2D eigenvalue weighted by molar-refractivity contribution is 0.183. The zero-order chi connectivity index (χ0) is 16.3. The smallest absolute Gasteiger partial charge is 0.320 e. The normalized spacial score (nSPS) is 15.2. The number of aromatic nitrogens is 2. The van der Waals surface area contributed by atoms with Crippen LogP contribution in [0.5, 0.6) is 0 Å². The van der Waals surface area contributed by atoms with Crippen LogP contribution in [0.2, 0.25) is 0 Å². The second kappa shape index (κ2) is 6.72. The Bertz CT molecular complexity index is 680. The third kappa shape index (κ3) is 3.92. The number of methoxy groups -OCH3 is 1. The zero-order valence-corrected chi connectivity index (χ0v) is 14.5. The summed E-state index contributed by atoms with van der Waals surface area (Å²) in [6.07, 6.45) is 5.33. The van der Waals surface area contributed by atoms with Gasteiger partial charge in [-0.15, -0.1) is 0 Å². The van der Waals surface area contributed by atoms with E-state index in [9.17, 15) is 4.79 Å². The molecule has 0 radical (unpaired) electrons. The minimum absolute atomic E-state index is 0.211. The van der Waals surface area contributed by atoms with Gasteiger partial charge >= 0.3 is 6.03 Å². The van der Waals surface area contributed by atoms with Gasteiger partial charge in [0.05, 0.1) is 30.6 Å². The molecule has 1 saturated carbocycles. The highest BCUT2D eigenvalue weighted by molar-refractivity contribution is 9.10. The largest absolute Gasteiger partial charge is 0.383 e. The molecule has 1 aliphatic rings. The molecule has 2 N–H and O–H groups in total. The summed E-state index contributed by atoms with van der Waals surface area (Å²) in [6, 6.07) is 7.86.